The first-order valence-corrected chi connectivity index (χ1v) is 15.0. The molecule has 4 heteroatoms. The maximum Gasteiger partial charge on any atom is 0.226 e. The third kappa shape index (κ3) is 3.92. The van der Waals surface area contributed by atoms with Gasteiger partial charge in [0.25, 0.3) is 0 Å². The van der Waals surface area contributed by atoms with Crippen LogP contribution in [0.5, 0.6) is 5.75 Å². The predicted molar refractivity (Wildman–Crippen MR) is 144 cm³/mol. The standard InChI is InChI=1S/C32H47NO3/c1-31-17-14-28-26(11-8-23-19-24(34)13-16-32(23,28)2)27(31)12-9-22(31)5-4-6-30(35)33-18-15-21-7-10-25(36-3)20-29(21)33/h7,10,20,22-24,26-28,34H,4-6,8-9,11-19H2,1-3H3/t22?,23?,24-,26?,27?,28?,31?,32?/m1/s1. The minimum Gasteiger partial charge on any atom is -0.497 e. The Labute approximate surface area is 218 Å². The number of carbonyl (C=O) groups is 1. The lowest BCUT2D eigenvalue weighted by Crippen LogP contribution is -2.53. The summed E-state index contributed by atoms with van der Waals surface area (Å²) in [6.07, 6.45) is 15.4. The summed E-state index contributed by atoms with van der Waals surface area (Å²) in [5.41, 5.74) is 3.26. The van der Waals surface area contributed by atoms with Crippen LogP contribution in [0.25, 0.3) is 0 Å². The Morgan fingerprint density at radius 2 is 1.86 bits per heavy atom. The quantitative estimate of drug-likeness (QED) is 0.492. The average Bonchev–Trinajstić information content (AvgIpc) is 3.45. The van der Waals surface area contributed by atoms with Crippen molar-refractivity contribution in [1.29, 1.82) is 0 Å². The third-order valence-corrected chi connectivity index (χ3v) is 12.3. The monoisotopic (exact) mass is 493 g/mol. The van der Waals surface area contributed by atoms with Crippen LogP contribution in [0.15, 0.2) is 18.2 Å². The van der Waals surface area contributed by atoms with E-state index in [1.165, 1.54) is 56.9 Å². The van der Waals surface area contributed by atoms with Crippen LogP contribution in [0, 0.1) is 40.4 Å². The number of ether oxygens (including phenoxy) is 1. The van der Waals surface area contributed by atoms with E-state index in [0.29, 0.717) is 17.3 Å². The molecule has 1 heterocycles. The summed E-state index contributed by atoms with van der Waals surface area (Å²) < 4.78 is 5.41. The zero-order chi connectivity index (χ0) is 25.1. The summed E-state index contributed by atoms with van der Waals surface area (Å²) in [7, 11) is 1.69. The van der Waals surface area contributed by atoms with Gasteiger partial charge in [0.15, 0.2) is 0 Å². The minimum atomic E-state index is -0.0527. The van der Waals surface area contributed by atoms with Crippen molar-refractivity contribution in [3.63, 3.8) is 0 Å². The molecule has 1 aromatic rings. The molecule has 198 valence electrons. The molecule has 36 heavy (non-hydrogen) atoms. The topological polar surface area (TPSA) is 49.8 Å². The molecular weight excluding hydrogens is 446 g/mol. The molecule has 0 bridgehead atoms. The van der Waals surface area contributed by atoms with Gasteiger partial charge in [-0.2, -0.15) is 0 Å². The van der Waals surface area contributed by atoms with E-state index >= 15 is 0 Å². The Hall–Kier alpha value is -1.55. The van der Waals surface area contributed by atoms with Crippen LogP contribution >= 0.6 is 0 Å². The minimum absolute atomic E-state index is 0.0527. The summed E-state index contributed by atoms with van der Waals surface area (Å²) in [5, 5.41) is 10.3. The zero-order valence-corrected chi connectivity index (χ0v) is 22.8. The molecule has 0 aromatic heterocycles. The van der Waals surface area contributed by atoms with Crippen LogP contribution in [0.2, 0.25) is 0 Å². The second-order valence-corrected chi connectivity index (χ2v) is 13.6. The molecule has 4 fully saturated rings. The zero-order valence-electron chi connectivity index (χ0n) is 22.8. The molecule has 4 saturated carbocycles. The van der Waals surface area contributed by atoms with E-state index < -0.39 is 0 Å². The van der Waals surface area contributed by atoms with E-state index in [0.717, 1.165) is 73.3 Å². The van der Waals surface area contributed by atoms with Gasteiger partial charge in [-0.15, -0.1) is 0 Å². The van der Waals surface area contributed by atoms with Gasteiger partial charge >= 0.3 is 0 Å². The fourth-order valence-electron chi connectivity index (χ4n) is 10.2. The Kier molecular flexibility index (Phi) is 6.42. The van der Waals surface area contributed by atoms with Crippen molar-refractivity contribution in [1.82, 2.24) is 0 Å². The maximum atomic E-state index is 13.2. The van der Waals surface area contributed by atoms with Gasteiger partial charge in [-0.1, -0.05) is 19.9 Å². The van der Waals surface area contributed by atoms with Gasteiger partial charge in [-0.25, -0.2) is 0 Å². The average molecular weight is 494 g/mol. The fourth-order valence-corrected chi connectivity index (χ4v) is 10.2. The van der Waals surface area contributed by atoms with Gasteiger partial charge < -0.3 is 14.7 Å². The van der Waals surface area contributed by atoms with Crippen LogP contribution in [-0.2, 0) is 11.2 Å². The molecule has 0 saturated heterocycles. The normalized spacial score (nSPS) is 41.3. The highest BCUT2D eigenvalue weighted by atomic mass is 16.5. The first-order chi connectivity index (χ1) is 17.3. The number of benzene rings is 1. The molecule has 1 aliphatic heterocycles. The maximum absolute atomic E-state index is 13.2. The van der Waals surface area contributed by atoms with Gasteiger partial charge in [0.05, 0.1) is 18.9 Å². The van der Waals surface area contributed by atoms with E-state index in [-0.39, 0.29) is 12.0 Å². The Bertz CT molecular complexity index is 992. The van der Waals surface area contributed by atoms with Crippen LogP contribution < -0.4 is 9.64 Å². The smallest absolute Gasteiger partial charge is 0.226 e. The number of rotatable bonds is 5. The van der Waals surface area contributed by atoms with Gasteiger partial charge in [0, 0.05) is 19.0 Å². The van der Waals surface area contributed by atoms with Crippen molar-refractivity contribution in [2.24, 2.45) is 40.4 Å². The summed E-state index contributed by atoms with van der Waals surface area (Å²) in [5.74, 6) is 5.28. The largest absolute Gasteiger partial charge is 0.497 e. The van der Waals surface area contributed by atoms with Crippen LogP contribution in [0.4, 0.5) is 5.69 Å². The van der Waals surface area contributed by atoms with Gasteiger partial charge in [-0.05, 0) is 129 Å². The van der Waals surface area contributed by atoms with Crippen LogP contribution in [0.1, 0.15) is 96.5 Å². The number of amides is 1. The molecule has 6 rings (SSSR count). The molecule has 1 N–H and O–H groups in total. The fraction of sp³-hybridized carbons (Fsp3) is 0.781. The molecule has 0 spiro atoms. The number of hydrogen-bond acceptors (Lipinski definition) is 3. The SMILES string of the molecule is COc1ccc2c(c1)N(C(=O)CCCC1CCC3C4CCC5C[C@H](O)CCC5(C)C4CCC13C)CC2. The van der Waals surface area contributed by atoms with Gasteiger partial charge in [-0.3, -0.25) is 4.79 Å². The molecule has 1 amide bonds. The number of aliphatic hydroxyl groups excluding tert-OH is 1. The molecule has 7 unspecified atom stereocenters. The lowest BCUT2D eigenvalue weighted by molar-refractivity contribution is -0.127. The number of anilines is 1. The Morgan fingerprint density at radius 3 is 2.69 bits per heavy atom. The highest BCUT2D eigenvalue weighted by Crippen LogP contribution is 2.67. The molecule has 1 aromatic carbocycles. The number of fused-ring (bicyclic) bond motifs is 6. The number of nitrogens with zero attached hydrogens (tertiary/aromatic N) is 1. The van der Waals surface area contributed by atoms with Crippen LogP contribution in [0.3, 0.4) is 0 Å². The van der Waals surface area contributed by atoms with Crippen molar-refractivity contribution in [3.05, 3.63) is 23.8 Å². The van der Waals surface area contributed by atoms with E-state index in [2.05, 4.69) is 19.9 Å². The summed E-state index contributed by atoms with van der Waals surface area (Å²) in [6, 6.07) is 6.15. The van der Waals surface area contributed by atoms with E-state index in [4.69, 9.17) is 4.74 Å². The van der Waals surface area contributed by atoms with E-state index in [1.54, 1.807) is 7.11 Å². The molecular formula is C32H47NO3. The highest BCUT2D eigenvalue weighted by Gasteiger charge is 2.59. The molecule has 5 aliphatic rings. The summed E-state index contributed by atoms with van der Waals surface area (Å²) >= 11 is 0. The predicted octanol–water partition coefficient (Wildman–Crippen LogP) is 6.77. The molecule has 0 radical (unpaired) electrons. The van der Waals surface area contributed by atoms with Gasteiger partial charge in [0.1, 0.15) is 5.75 Å². The third-order valence-electron chi connectivity index (χ3n) is 12.3. The first-order valence-electron chi connectivity index (χ1n) is 15.0. The first kappa shape index (κ1) is 24.8. The van der Waals surface area contributed by atoms with E-state index in [1.807, 2.05) is 17.0 Å². The number of hydrogen-bond donors (Lipinski definition) is 1. The van der Waals surface area contributed by atoms with Crippen molar-refractivity contribution in [2.75, 3.05) is 18.6 Å². The molecule has 4 nitrogen and oxygen atoms in total. The number of aliphatic hydroxyl groups is 1. The number of carbonyl (C=O) groups excluding carboxylic acids is 1. The summed E-state index contributed by atoms with van der Waals surface area (Å²) in [4.78, 5) is 15.2. The Balaban J connectivity index is 1.07. The van der Waals surface area contributed by atoms with Gasteiger partial charge in [0.2, 0.25) is 5.91 Å². The number of methoxy groups -OCH3 is 1. The second kappa shape index (κ2) is 9.33. The van der Waals surface area contributed by atoms with Crippen molar-refractivity contribution in [2.45, 2.75) is 103 Å². The second-order valence-electron chi connectivity index (χ2n) is 13.6. The lowest BCUT2D eigenvalue weighted by Gasteiger charge is -2.61. The van der Waals surface area contributed by atoms with Crippen LogP contribution in [-0.4, -0.2) is 30.8 Å². The molecule has 8 atom stereocenters. The van der Waals surface area contributed by atoms with Crippen molar-refractivity contribution in [3.8, 4) is 5.75 Å². The Morgan fingerprint density at radius 1 is 1.06 bits per heavy atom. The van der Waals surface area contributed by atoms with E-state index in [9.17, 15) is 9.90 Å². The van der Waals surface area contributed by atoms with Crippen molar-refractivity contribution < 1.29 is 14.6 Å². The summed E-state index contributed by atoms with van der Waals surface area (Å²) in [6.45, 7) is 6.02. The lowest BCUT2D eigenvalue weighted by atomic mass is 9.44. The van der Waals surface area contributed by atoms with Crippen molar-refractivity contribution >= 4 is 11.6 Å². The highest BCUT2D eigenvalue weighted by molar-refractivity contribution is 5.95. The molecule has 4 aliphatic carbocycles.